The van der Waals surface area contributed by atoms with Crippen molar-refractivity contribution in [3.8, 4) is 0 Å². The molecule has 0 saturated heterocycles. The molecule has 0 saturated carbocycles. The second kappa shape index (κ2) is 6.49. The van der Waals surface area contributed by atoms with Gasteiger partial charge in [0.25, 0.3) is 0 Å². The molecule has 1 amide bonds. The van der Waals surface area contributed by atoms with E-state index in [4.69, 9.17) is 11.6 Å². The van der Waals surface area contributed by atoms with Gasteiger partial charge in [0.1, 0.15) is 5.82 Å². The first kappa shape index (κ1) is 16.3. The van der Waals surface area contributed by atoms with Crippen LogP contribution in [-0.2, 0) is 10.5 Å². The van der Waals surface area contributed by atoms with Crippen LogP contribution in [0.3, 0.4) is 0 Å². The van der Waals surface area contributed by atoms with Crippen molar-refractivity contribution in [3.05, 3.63) is 89.4 Å². The molecule has 1 radical (unpaired) electrons. The molecule has 3 nitrogen and oxygen atoms in total. The SMILES string of the molecule is CC(=O)NC1(c2ccc(F)cc2)C=[C]C=CN1c1ccccc1Cl. The van der Waals surface area contributed by atoms with Crippen LogP contribution in [0, 0.1) is 11.9 Å². The Hall–Kier alpha value is -2.59. The second-order valence-corrected chi connectivity index (χ2v) is 5.81. The molecule has 1 heterocycles. The van der Waals surface area contributed by atoms with Crippen LogP contribution in [0.25, 0.3) is 0 Å². The van der Waals surface area contributed by atoms with Crippen LogP contribution < -0.4 is 10.2 Å². The summed E-state index contributed by atoms with van der Waals surface area (Å²) >= 11 is 6.35. The standard InChI is InChI=1S/C19H15ClFN2O/c1-14(24)22-19(15-8-10-16(21)11-9-15)12-4-5-13-23(19)18-7-3-2-6-17(18)20/h2-3,5-13H,1H3,(H,22,24). The predicted molar refractivity (Wildman–Crippen MR) is 92.8 cm³/mol. The van der Waals surface area contributed by atoms with Crippen molar-refractivity contribution in [2.24, 2.45) is 0 Å². The predicted octanol–water partition coefficient (Wildman–Crippen LogP) is 4.16. The fourth-order valence-electron chi connectivity index (χ4n) is 2.75. The third-order valence-electron chi connectivity index (χ3n) is 3.75. The summed E-state index contributed by atoms with van der Waals surface area (Å²) < 4.78 is 13.4. The molecular weight excluding hydrogens is 327 g/mol. The van der Waals surface area contributed by atoms with E-state index in [1.807, 2.05) is 23.1 Å². The number of carbonyl (C=O) groups is 1. The third-order valence-corrected chi connectivity index (χ3v) is 4.07. The van der Waals surface area contributed by atoms with Crippen LogP contribution in [0.5, 0.6) is 0 Å². The lowest BCUT2D eigenvalue weighted by molar-refractivity contribution is -0.120. The Balaban J connectivity index is 2.19. The molecule has 1 unspecified atom stereocenters. The van der Waals surface area contributed by atoms with E-state index in [1.54, 1.807) is 36.6 Å². The fraction of sp³-hybridized carbons (Fsp3) is 0.105. The molecule has 3 rings (SSSR count). The Labute approximate surface area is 145 Å². The fourth-order valence-corrected chi connectivity index (χ4v) is 2.98. The summed E-state index contributed by atoms with van der Waals surface area (Å²) in [5.41, 5.74) is 0.362. The van der Waals surface area contributed by atoms with Crippen molar-refractivity contribution in [1.29, 1.82) is 0 Å². The maximum Gasteiger partial charge on any atom is 0.219 e. The number of amides is 1. The highest BCUT2D eigenvalue weighted by atomic mass is 35.5. The lowest BCUT2D eigenvalue weighted by Gasteiger charge is -2.43. The van der Waals surface area contributed by atoms with Gasteiger partial charge in [0.05, 0.1) is 10.7 Å². The summed E-state index contributed by atoms with van der Waals surface area (Å²) in [5.74, 6) is -0.579. The molecule has 1 aliphatic heterocycles. The van der Waals surface area contributed by atoms with Crippen molar-refractivity contribution in [2.75, 3.05) is 4.90 Å². The van der Waals surface area contributed by atoms with Crippen LogP contribution in [0.15, 0.2) is 66.9 Å². The van der Waals surface area contributed by atoms with E-state index in [0.29, 0.717) is 16.3 Å². The summed E-state index contributed by atoms with van der Waals surface area (Å²) in [6.07, 6.45) is 8.25. The molecule has 1 atom stereocenters. The van der Waals surface area contributed by atoms with Crippen LogP contribution in [-0.4, -0.2) is 5.91 Å². The first-order chi connectivity index (χ1) is 11.5. The largest absolute Gasteiger partial charge is 0.326 e. The first-order valence-electron chi connectivity index (χ1n) is 7.39. The van der Waals surface area contributed by atoms with E-state index in [-0.39, 0.29) is 11.7 Å². The quantitative estimate of drug-likeness (QED) is 0.909. The maximum atomic E-state index is 13.4. The number of carbonyl (C=O) groups excluding carboxylic acids is 1. The Morgan fingerprint density at radius 2 is 1.92 bits per heavy atom. The van der Waals surface area contributed by atoms with Gasteiger partial charge in [-0.15, -0.1) is 0 Å². The molecular formula is C19H15ClFN2O. The lowest BCUT2D eigenvalue weighted by Crippen LogP contribution is -2.55. The maximum absolute atomic E-state index is 13.4. The molecule has 0 fully saturated rings. The Kier molecular flexibility index (Phi) is 4.40. The molecule has 5 heteroatoms. The minimum absolute atomic E-state index is 0.232. The summed E-state index contributed by atoms with van der Waals surface area (Å²) in [4.78, 5) is 13.7. The zero-order chi connectivity index (χ0) is 17.2. The second-order valence-electron chi connectivity index (χ2n) is 5.40. The highest BCUT2D eigenvalue weighted by molar-refractivity contribution is 6.33. The molecule has 2 aromatic rings. The van der Waals surface area contributed by atoms with Gasteiger partial charge in [0.2, 0.25) is 5.91 Å². The molecule has 0 bridgehead atoms. The zero-order valence-corrected chi connectivity index (χ0v) is 13.7. The molecule has 1 N–H and O–H groups in total. The summed E-state index contributed by atoms with van der Waals surface area (Å²) in [6, 6.07) is 13.3. The third kappa shape index (κ3) is 2.93. The Morgan fingerprint density at radius 1 is 1.21 bits per heavy atom. The number of benzene rings is 2. The lowest BCUT2D eigenvalue weighted by atomic mass is 9.94. The minimum Gasteiger partial charge on any atom is -0.326 e. The van der Waals surface area contributed by atoms with Crippen molar-refractivity contribution in [2.45, 2.75) is 12.6 Å². The Bertz CT molecular complexity index is 816. The van der Waals surface area contributed by atoms with E-state index < -0.39 is 5.66 Å². The van der Waals surface area contributed by atoms with Crippen molar-refractivity contribution >= 4 is 23.2 Å². The van der Waals surface area contributed by atoms with Gasteiger partial charge in [-0.05, 0) is 42.5 Å². The van der Waals surface area contributed by atoms with Gasteiger partial charge in [-0.1, -0.05) is 35.9 Å². The monoisotopic (exact) mass is 341 g/mol. The molecule has 2 aromatic carbocycles. The number of anilines is 1. The minimum atomic E-state index is -1.04. The van der Waals surface area contributed by atoms with Gasteiger partial charge >= 0.3 is 0 Å². The molecule has 1 aliphatic rings. The number of allylic oxidation sites excluding steroid dienone is 2. The molecule has 0 spiro atoms. The van der Waals surface area contributed by atoms with Crippen molar-refractivity contribution in [3.63, 3.8) is 0 Å². The van der Waals surface area contributed by atoms with Gasteiger partial charge in [-0.25, -0.2) is 4.39 Å². The zero-order valence-electron chi connectivity index (χ0n) is 13.0. The highest BCUT2D eigenvalue weighted by Crippen LogP contribution is 2.38. The topological polar surface area (TPSA) is 32.3 Å². The molecule has 0 aromatic heterocycles. The number of nitrogens with zero attached hydrogens (tertiary/aromatic N) is 1. The smallest absolute Gasteiger partial charge is 0.219 e. The van der Waals surface area contributed by atoms with E-state index in [9.17, 15) is 9.18 Å². The number of nitrogens with one attached hydrogen (secondary N) is 1. The van der Waals surface area contributed by atoms with E-state index in [0.717, 1.165) is 0 Å². The number of hydrogen-bond acceptors (Lipinski definition) is 2. The number of halogens is 2. The van der Waals surface area contributed by atoms with E-state index in [1.165, 1.54) is 19.1 Å². The van der Waals surface area contributed by atoms with Crippen molar-refractivity contribution < 1.29 is 9.18 Å². The van der Waals surface area contributed by atoms with Crippen molar-refractivity contribution in [1.82, 2.24) is 5.32 Å². The average molecular weight is 342 g/mol. The van der Waals surface area contributed by atoms with Gasteiger partial charge in [0.15, 0.2) is 5.66 Å². The van der Waals surface area contributed by atoms with E-state index in [2.05, 4.69) is 11.4 Å². The number of rotatable bonds is 3. The van der Waals surface area contributed by atoms with E-state index >= 15 is 0 Å². The number of hydrogen-bond donors (Lipinski definition) is 1. The van der Waals surface area contributed by atoms with Gasteiger partial charge < -0.3 is 10.2 Å². The highest BCUT2D eigenvalue weighted by Gasteiger charge is 2.38. The Morgan fingerprint density at radius 3 is 2.58 bits per heavy atom. The number of para-hydroxylation sites is 1. The van der Waals surface area contributed by atoms with Crippen LogP contribution in [0.4, 0.5) is 10.1 Å². The normalized spacial score (nSPS) is 19.4. The summed E-state index contributed by atoms with van der Waals surface area (Å²) in [6.45, 7) is 1.43. The van der Waals surface area contributed by atoms with Crippen LogP contribution >= 0.6 is 11.6 Å². The van der Waals surface area contributed by atoms with Gasteiger partial charge in [0, 0.05) is 18.7 Å². The summed E-state index contributed by atoms with van der Waals surface area (Å²) in [5, 5.41) is 3.48. The average Bonchev–Trinajstić information content (AvgIpc) is 2.56. The molecule has 121 valence electrons. The summed E-state index contributed by atoms with van der Waals surface area (Å²) in [7, 11) is 0. The molecule has 0 aliphatic carbocycles. The first-order valence-corrected chi connectivity index (χ1v) is 7.76. The molecule has 24 heavy (non-hydrogen) atoms. The van der Waals surface area contributed by atoms with Gasteiger partial charge in [-0.3, -0.25) is 4.79 Å². The van der Waals surface area contributed by atoms with Crippen LogP contribution in [0.2, 0.25) is 5.02 Å². The van der Waals surface area contributed by atoms with Crippen LogP contribution in [0.1, 0.15) is 12.5 Å². The van der Waals surface area contributed by atoms with Gasteiger partial charge in [-0.2, -0.15) is 0 Å².